The highest BCUT2D eigenvalue weighted by atomic mass is 16.5. The number of para-hydroxylation sites is 2. The molecule has 0 radical (unpaired) electrons. The van der Waals surface area contributed by atoms with Crippen LogP contribution < -0.4 is 9.64 Å². The zero-order valence-electron chi connectivity index (χ0n) is 18.5. The minimum atomic E-state index is -0.225. The molecule has 4 rings (SSSR count). The summed E-state index contributed by atoms with van der Waals surface area (Å²) in [5, 5.41) is 0. The zero-order valence-corrected chi connectivity index (χ0v) is 18.5. The van der Waals surface area contributed by atoms with E-state index in [9.17, 15) is 9.59 Å². The maximum atomic E-state index is 13.1. The lowest BCUT2D eigenvalue weighted by atomic mass is 9.89. The smallest absolute Gasteiger partial charge is 0.228 e. The summed E-state index contributed by atoms with van der Waals surface area (Å²) in [5.74, 6) is 1.56. The minimum absolute atomic E-state index is 0.0549. The van der Waals surface area contributed by atoms with Crippen molar-refractivity contribution in [1.29, 1.82) is 0 Å². The first-order chi connectivity index (χ1) is 15.1. The topological polar surface area (TPSA) is 49.9 Å². The summed E-state index contributed by atoms with van der Waals surface area (Å²) in [5.41, 5.74) is 3.25. The first-order valence-electron chi connectivity index (χ1n) is 11.3. The lowest BCUT2D eigenvalue weighted by Crippen LogP contribution is -2.42. The molecule has 31 heavy (non-hydrogen) atoms. The first-order valence-corrected chi connectivity index (χ1v) is 11.3. The van der Waals surface area contributed by atoms with Crippen LogP contribution in [0.25, 0.3) is 0 Å². The van der Waals surface area contributed by atoms with Gasteiger partial charge in [-0.3, -0.25) is 9.59 Å². The number of likely N-dealkylation sites (tertiary alicyclic amines) is 1. The van der Waals surface area contributed by atoms with E-state index >= 15 is 0 Å². The van der Waals surface area contributed by atoms with E-state index in [0.29, 0.717) is 18.9 Å². The average molecular weight is 421 g/mol. The van der Waals surface area contributed by atoms with Gasteiger partial charge in [-0.05, 0) is 61.8 Å². The predicted molar refractivity (Wildman–Crippen MR) is 122 cm³/mol. The van der Waals surface area contributed by atoms with Crippen LogP contribution in [-0.2, 0) is 16.0 Å². The fourth-order valence-corrected chi connectivity index (χ4v) is 4.94. The molecule has 5 nitrogen and oxygen atoms in total. The van der Waals surface area contributed by atoms with Crippen molar-refractivity contribution >= 4 is 17.5 Å². The maximum Gasteiger partial charge on any atom is 0.228 e. The third-order valence-corrected chi connectivity index (χ3v) is 6.82. The third kappa shape index (κ3) is 4.76. The second kappa shape index (κ2) is 9.54. The highest BCUT2D eigenvalue weighted by molar-refractivity contribution is 6.00. The van der Waals surface area contributed by atoms with Gasteiger partial charge >= 0.3 is 0 Å². The molecule has 2 aliphatic rings. The highest BCUT2D eigenvalue weighted by Crippen LogP contribution is 2.31. The molecule has 1 unspecified atom stereocenters. The largest absolute Gasteiger partial charge is 0.496 e. The molecule has 0 N–H and O–H groups in total. The molecule has 2 aromatic carbocycles. The molecule has 2 saturated heterocycles. The molecule has 2 aromatic rings. The van der Waals surface area contributed by atoms with Crippen molar-refractivity contribution in [3.05, 3.63) is 59.7 Å². The van der Waals surface area contributed by atoms with Crippen molar-refractivity contribution in [3.8, 4) is 5.75 Å². The molecule has 0 aliphatic carbocycles. The zero-order chi connectivity index (χ0) is 21.8. The molecule has 1 atom stereocenters. The number of carbonyl (C=O) groups excluding carboxylic acids is 2. The van der Waals surface area contributed by atoms with Crippen LogP contribution in [0.1, 0.15) is 36.8 Å². The van der Waals surface area contributed by atoms with Crippen molar-refractivity contribution < 1.29 is 14.3 Å². The molecule has 0 saturated carbocycles. The van der Waals surface area contributed by atoms with Crippen LogP contribution in [0.4, 0.5) is 5.69 Å². The van der Waals surface area contributed by atoms with Crippen molar-refractivity contribution in [2.75, 3.05) is 31.6 Å². The molecule has 2 fully saturated rings. The van der Waals surface area contributed by atoms with Crippen LogP contribution in [-0.4, -0.2) is 43.5 Å². The van der Waals surface area contributed by atoms with Crippen molar-refractivity contribution in [2.24, 2.45) is 11.8 Å². The number of amides is 2. The molecule has 2 aliphatic heterocycles. The second-order valence-electron chi connectivity index (χ2n) is 8.81. The Morgan fingerprint density at radius 1 is 1.06 bits per heavy atom. The molecule has 164 valence electrons. The standard InChI is InChI=1S/C26H32N2O3/c1-19-7-3-5-9-23(19)28-18-22(17-25(28)29)26(30)27-15-13-20(14-16-27)11-12-21-8-4-6-10-24(21)31-2/h3-10,20,22H,11-18H2,1-2H3. The Hall–Kier alpha value is -2.82. The number of rotatable bonds is 6. The fourth-order valence-electron chi connectivity index (χ4n) is 4.94. The van der Waals surface area contributed by atoms with E-state index in [0.717, 1.165) is 55.8 Å². The molecule has 2 heterocycles. The van der Waals surface area contributed by atoms with E-state index in [2.05, 4.69) is 12.1 Å². The number of anilines is 1. The van der Waals surface area contributed by atoms with Crippen LogP contribution in [0, 0.1) is 18.8 Å². The lowest BCUT2D eigenvalue weighted by molar-refractivity contribution is -0.137. The summed E-state index contributed by atoms with van der Waals surface area (Å²) in [4.78, 5) is 29.5. The van der Waals surface area contributed by atoms with Crippen molar-refractivity contribution in [3.63, 3.8) is 0 Å². The first kappa shape index (κ1) is 21.4. The summed E-state index contributed by atoms with van der Waals surface area (Å²) < 4.78 is 5.46. The summed E-state index contributed by atoms with van der Waals surface area (Å²) >= 11 is 0. The van der Waals surface area contributed by atoms with Gasteiger partial charge in [0.2, 0.25) is 11.8 Å². The maximum absolute atomic E-state index is 13.1. The Bertz CT molecular complexity index is 934. The Labute approximate surface area is 185 Å². The van der Waals surface area contributed by atoms with Crippen LogP contribution in [0.2, 0.25) is 0 Å². The summed E-state index contributed by atoms with van der Waals surface area (Å²) in [6.07, 6.45) is 4.50. The minimum Gasteiger partial charge on any atom is -0.496 e. The van der Waals surface area contributed by atoms with Gasteiger partial charge in [-0.1, -0.05) is 36.4 Å². The molecule has 5 heteroatoms. The number of ether oxygens (including phenoxy) is 1. The van der Waals surface area contributed by atoms with Gasteiger partial charge in [0, 0.05) is 31.7 Å². The molecule has 2 amide bonds. The second-order valence-corrected chi connectivity index (χ2v) is 8.81. The number of piperidine rings is 1. The number of nitrogens with zero attached hydrogens (tertiary/aromatic N) is 2. The van der Waals surface area contributed by atoms with E-state index < -0.39 is 0 Å². The quantitative estimate of drug-likeness (QED) is 0.703. The lowest BCUT2D eigenvalue weighted by Gasteiger charge is -2.33. The number of benzene rings is 2. The van der Waals surface area contributed by atoms with Crippen LogP contribution in [0.5, 0.6) is 5.75 Å². The summed E-state index contributed by atoms with van der Waals surface area (Å²) in [6.45, 7) is 4.10. The number of hydrogen-bond donors (Lipinski definition) is 0. The van der Waals surface area contributed by atoms with Gasteiger partial charge in [-0.15, -0.1) is 0 Å². The number of carbonyl (C=O) groups is 2. The SMILES string of the molecule is COc1ccccc1CCC1CCN(C(=O)C2CC(=O)N(c3ccccc3C)C2)CC1. The Kier molecular flexibility index (Phi) is 6.59. The summed E-state index contributed by atoms with van der Waals surface area (Å²) in [6, 6.07) is 16.1. The van der Waals surface area contributed by atoms with Crippen molar-refractivity contribution in [1.82, 2.24) is 4.90 Å². The van der Waals surface area contributed by atoms with E-state index in [4.69, 9.17) is 4.74 Å². The van der Waals surface area contributed by atoms with Crippen LogP contribution in [0.3, 0.4) is 0 Å². The van der Waals surface area contributed by atoms with E-state index in [1.165, 1.54) is 5.56 Å². The van der Waals surface area contributed by atoms with Gasteiger partial charge in [-0.25, -0.2) is 0 Å². The number of aryl methyl sites for hydroxylation is 2. The Morgan fingerprint density at radius 3 is 2.52 bits per heavy atom. The predicted octanol–water partition coefficient (Wildman–Crippen LogP) is 4.23. The van der Waals surface area contributed by atoms with Gasteiger partial charge in [0.05, 0.1) is 13.0 Å². The van der Waals surface area contributed by atoms with Gasteiger partial charge < -0.3 is 14.5 Å². The van der Waals surface area contributed by atoms with Gasteiger partial charge in [0.1, 0.15) is 5.75 Å². The van der Waals surface area contributed by atoms with E-state index in [1.54, 1.807) is 12.0 Å². The monoisotopic (exact) mass is 420 g/mol. The van der Waals surface area contributed by atoms with E-state index in [-0.39, 0.29) is 17.7 Å². The van der Waals surface area contributed by atoms with Gasteiger partial charge in [0.25, 0.3) is 0 Å². The summed E-state index contributed by atoms with van der Waals surface area (Å²) in [7, 11) is 1.72. The Morgan fingerprint density at radius 2 is 1.77 bits per heavy atom. The number of methoxy groups -OCH3 is 1. The highest BCUT2D eigenvalue weighted by Gasteiger charge is 2.38. The molecular formula is C26H32N2O3. The third-order valence-electron chi connectivity index (χ3n) is 6.82. The number of hydrogen-bond acceptors (Lipinski definition) is 3. The molecule has 0 bridgehead atoms. The van der Waals surface area contributed by atoms with Gasteiger partial charge in [0.15, 0.2) is 0 Å². The molecule has 0 spiro atoms. The normalized spacial score (nSPS) is 19.7. The molecule has 0 aromatic heterocycles. The van der Waals surface area contributed by atoms with Crippen LogP contribution in [0.15, 0.2) is 48.5 Å². The van der Waals surface area contributed by atoms with Crippen LogP contribution >= 0.6 is 0 Å². The fraction of sp³-hybridized carbons (Fsp3) is 0.462. The average Bonchev–Trinajstić information content (AvgIpc) is 3.19. The Balaban J connectivity index is 1.29. The van der Waals surface area contributed by atoms with E-state index in [1.807, 2.05) is 48.2 Å². The van der Waals surface area contributed by atoms with Gasteiger partial charge in [-0.2, -0.15) is 0 Å². The van der Waals surface area contributed by atoms with Crippen molar-refractivity contribution in [2.45, 2.75) is 39.0 Å². The molecular weight excluding hydrogens is 388 g/mol.